The predicted octanol–water partition coefficient (Wildman–Crippen LogP) is 3.54. The monoisotopic (exact) mass is 512 g/mol. The van der Waals surface area contributed by atoms with E-state index < -0.39 is 28.9 Å². The van der Waals surface area contributed by atoms with Crippen molar-refractivity contribution in [3.8, 4) is 0 Å². The number of para-hydroxylation sites is 1. The van der Waals surface area contributed by atoms with E-state index >= 15 is 0 Å². The third-order valence-corrected chi connectivity index (χ3v) is 7.22. The molecule has 0 saturated carbocycles. The number of aryl methyl sites for hydroxylation is 1. The van der Waals surface area contributed by atoms with Gasteiger partial charge in [0.25, 0.3) is 0 Å². The van der Waals surface area contributed by atoms with Crippen molar-refractivity contribution in [3.63, 3.8) is 0 Å². The van der Waals surface area contributed by atoms with E-state index in [0.29, 0.717) is 5.57 Å². The number of benzene rings is 1. The average molecular weight is 513 g/mol. The molecule has 1 aromatic heterocycles. The number of rotatable bonds is 9. The molecule has 37 heavy (non-hydrogen) atoms. The molecule has 0 saturated heterocycles. The molecule has 0 aliphatic heterocycles. The fourth-order valence-corrected chi connectivity index (χ4v) is 4.81. The van der Waals surface area contributed by atoms with Crippen LogP contribution >= 0.6 is 0 Å². The molecule has 0 radical (unpaired) electrons. The van der Waals surface area contributed by atoms with Crippen LogP contribution in [0.25, 0.3) is 10.9 Å². The lowest BCUT2D eigenvalue weighted by atomic mass is 9.76. The lowest BCUT2D eigenvalue weighted by Crippen LogP contribution is -2.61. The molecule has 0 aliphatic rings. The Morgan fingerprint density at radius 1 is 1.08 bits per heavy atom. The average Bonchev–Trinajstić information content (AvgIpc) is 3.18. The summed E-state index contributed by atoms with van der Waals surface area (Å²) in [5.41, 5.74) is 1.43. The molecular formula is C29H44N4O4. The second kappa shape index (κ2) is 11.5. The van der Waals surface area contributed by atoms with Crippen LogP contribution in [0.1, 0.15) is 54.0 Å². The van der Waals surface area contributed by atoms with Crippen molar-refractivity contribution in [2.75, 3.05) is 21.2 Å². The largest absolute Gasteiger partial charge is 0.466 e. The summed E-state index contributed by atoms with van der Waals surface area (Å²) in [4.78, 5) is 40.8. The second-order valence-corrected chi connectivity index (χ2v) is 11.5. The number of aromatic nitrogens is 1. The number of hydrogen-bond acceptors (Lipinski definition) is 5. The number of nitrogens with zero attached hydrogens (tertiary/aromatic N) is 2. The van der Waals surface area contributed by atoms with Crippen LogP contribution in [0.3, 0.4) is 0 Å². The van der Waals surface area contributed by atoms with Gasteiger partial charge in [-0.2, -0.15) is 0 Å². The number of carbonyl (C=O) groups is 3. The number of esters is 1. The molecule has 8 nitrogen and oxygen atoms in total. The van der Waals surface area contributed by atoms with Gasteiger partial charge in [-0.1, -0.05) is 58.9 Å². The molecule has 8 heteroatoms. The summed E-state index contributed by atoms with van der Waals surface area (Å²) >= 11 is 0. The molecule has 3 atom stereocenters. The lowest BCUT2D eigenvalue weighted by molar-refractivity contribution is -0.140. The van der Waals surface area contributed by atoms with Crippen LogP contribution in [0, 0.1) is 5.41 Å². The van der Waals surface area contributed by atoms with E-state index in [-0.39, 0.29) is 17.9 Å². The molecule has 1 aromatic carbocycles. The first-order chi connectivity index (χ1) is 17.1. The van der Waals surface area contributed by atoms with Crippen molar-refractivity contribution in [1.29, 1.82) is 0 Å². The SMILES string of the molecule is CN[C@H](C(=O)N[C@H](C(=O)N(C)[C@@H](C)/C=C(\C)C(=O)OC)C(C)(C)C)C(C)(C)c1cn(C)c2ccccc12. The van der Waals surface area contributed by atoms with Crippen LogP contribution < -0.4 is 10.6 Å². The quantitative estimate of drug-likeness (QED) is 0.396. The molecule has 0 fully saturated rings. The Kier molecular flexibility index (Phi) is 9.36. The highest BCUT2D eigenvalue weighted by atomic mass is 16.5. The van der Waals surface area contributed by atoms with E-state index in [1.54, 1.807) is 32.0 Å². The normalized spacial score (nSPS) is 15.2. The number of carbonyl (C=O) groups excluding carboxylic acids is 3. The Balaban J connectivity index is 2.37. The number of hydrogen-bond donors (Lipinski definition) is 2. The molecule has 2 rings (SSSR count). The van der Waals surface area contributed by atoms with Crippen molar-refractivity contribution in [2.45, 2.75) is 72.0 Å². The molecule has 0 bridgehead atoms. The Hall–Kier alpha value is -3.13. The number of ether oxygens (including phenoxy) is 1. The van der Waals surface area contributed by atoms with Gasteiger partial charge in [0.15, 0.2) is 0 Å². The fraction of sp³-hybridized carbons (Fsp3) is 0.552. The number of likely N-dealkylation sites (N-methyl/N-ethyl adjacent to an activating group) is 2. The first kappa shape index (κ1) is 30.1. The minimum absolute atomic E-state index is 0.236. The highest BCUT2D eigenvalue weighted by Gasteiger charge is 2.42. The van der Waals surface area contributed by atoms with E-state index in [9.17, 15) is 14.4 Å². The lowest BCUT2D eigenvalue weighted by Gasteiger charge is -2.38. The van der Waals surface area contributed by atoms with Gasteiger partial charge in [-0.25, -0.2) is 4.79 Å². The van der Waals surface area contributed by atoms with Gasteiger partial charge in [-0.05, 0) is 37.9 Å². The zero-order valence-electron chi connectivity index (χ0n) is 24.2. The Morgan fingerprint density at radius 2 is 1.68 bits per heavy atom. The molecule has 1 heterocycles. The Bertz CT molecular complexity index is 1170. The minimum Gasteiger partial charge on any atom is -0.466 e. The highest BCUT2D eigenvalue weighted by molar-refractivity contribution is 5.93. The summed E-state index contributed by atoms with van der Waals surface area (Å²) in [5, 5.41) is 7.34. The van der Waals surface area contributed by atoms with Crippen molar-refractivity contribution < 1.29 is 19.1 Å². The number of amides is 2. The minimum atomic E-state index is -0.779. The topological polar surface area (TPSA) is 92.7 Å². The predicted molar refractivity (Wildman–Crippen MR) is 148 cm³/mol. The van der Waals surface area contributed by atoms with Crippen LogP contribution in [-0.2, 0) is 31.6 Å². The van der Waals surface area contributed by atoms with E-state index in [0.717, 1.165) is 16.5 Å². The van der Waals surface area contributed by atoms with Gasteiger partial charge in [-0.3, -0.25) is 9.59 Å². The first-order valence-electron chi connectivity index (χ1n) is 12.6. The van der Waals surface area contributed by atoms with Gasteiger partial charge in [0.2, 0.25) is 11.8 Å². The van der Waals surface area contributed by atoms with Gasteiger partial charge < -0.3 is 24.8 Å². The zero-order chi connectivity index (χ0) is 28.3. The fourth-order valence-electron chi connectivity index (χ4n) is 4.81. The van der Waals surface area contributed by atoms with Crippen LogP contribution in [0.2, 0.25) is 0 Å². The molecule has 204 valence electrons. The maximum atomic E-state index is 13.8. The molecular weight excluding hydrogens is 468 g/mol. The van der Waals surface area contributed by atoms with E-state index in [4.69, 9.17) is 4.74 Å². The molecule has 2 amide bonds. The molecule has 0 unspecified atom stereocenters. The van der Waals surface area contributed by atoms with E-state index in [2.05, 4.69) is 33.5 Å². The van der Waals surface area contributed by atoms with Crippen molar-refractivity contribution >= 4 is 28.7 Å². The summed E-state index contributed by atoms with van der Waals surface area (Å²) in [6.07, 6.45) is 3.76. The number of nitrogens with one attached hydrogen (secondary N) is 2. The molecule has 0 spiro atoms. The maximum absolute atomic E-state index is 13.8. The summed E-state index contributed by atoms with van der Waals surface area (Å²) in [5.74, 6) is -0.933. The van der Waals surface area contributed by atoms with Crippen molar-refractivity contribution in [3.05, 3.63) is 47.7 Å². The highest BCUT2D eigenvalue weighted by Crippen LogP contribution is 2.35. The van der Waals surface area contributed by atoms with Gasteiger partial charge in [-0.15, -0.1) is 0 Å². The van der Waals surface area contributed by atoms with Gasteiger partial charge >= 0.3 is 5.97 Å². The van der Waals surface area contributed by atoms with Crippen LogP contribution in [0.5, 0.6) is 0 Å². The first-order valence-corrected chi connectivity index (χ1v) is 12.6. The zero-order valence-corrected chi connectivity index (χ0v) is 24.2. The Morgan fingerprint density at radius 3 is 2.22 bits per heavy atom. The van der Waals surface area contributed by atoms with Gasteiger partial charge in [0.1, 0.15) is 6.04 Å². The summed E-state index contributed by atoms with van der Waals surface area (Å²) in [6.45, 7) is 13.3. The van der Waals surface area contributed by atoms with Crippen molar-refractivity contribution in [2.24, 2.45) is 12.5 Å². The standard InChI is InChI=1S/C29H44N4O4/c1-18(27(36)37-11)16-19(2)33(10)26(35)24(28(3,4)5)31-25(34)23(30-8)29(6,7)21-17-32(9)22-15-13-12-14-20(21)22/h12-17,19,23-24,30H,1-11H3,(H,31,34)/b18-16+/t19-,23+,24+/m0/s1. The van der Waals surface area contributed by atoms with Crippen LogP contribution in [0.4, 0.5) is 0 Å². The molecule has 2 N–H and O–H groups in total. The molecule has 2 aromatic rings. The molecule has 0 aliphatic carbocycles. The van der Waals surface area contributed by atoms with E-state index in [1.165, 1.54) is 7.11 Å². The smallest absolute Gasteiger partial charge is 0.333 e. The van der Waals surface area contributed by atoms with E-state index in [1.807, 2.05) is 60.7 Å². The number of fused-ring (bicyclic) bond motifs is 1. The summed E-state index contributed by atoms with van der Waals surface area (Å²) in [6, 6.07) is 6.38. The summed E-state index contributed by atoms with van der Waals surface area (Å²) < 4.78 is 6.83. The number of methoxy groups -OCH3 is 1. The third kappa shape index (κ3) is 6.42. The second-order valence-electron chi connectivity index (χ2n) is 11.5. The third-order valence-electron chi connectivity index (χ3n) is 7.22. The van der Waals surface area contributed by atoms with Gasteiger partial charge in [0.05, 0.1) is 13.2 Å². The summed E-state index contributed by atoms with van der Waals surface area (Å²) in [7, 11) is 6.76. The Labute approximate surface area is 221 Å². The van der Waals surface area contributed by atoms with Gasteiger partial charge in [0, 0.05) is 48.2 Å². The van der Waals surface area contributed by atoms with Crippen LogP contribution in [-0.4, -0.2) is 66.6 Å². The maximum Gasteiger partial charge on any atom is 0.333 e. The van der Waals surface area contributed by atoms with Crippen LogP contribution in [0.15, 0.2) is 42.1 Å². The van der Waals surface area contributed by atoms with Crippen molar-refractivity contribution in [1.82, 2.24) is 20.1 Å².